The van der Waals surface area contributed by atoms with E-state index in [0.29, 0.717) is 46.5 Å². The van der Waals surface area contributed by atoms with Gasteiger partial charge >= 0.3 is 10.2 Å². The molecule has 158 valence electrons. The Labute approximate surface area is 178 Å². The van der Waals surface area contributed by atoms with Crippen LogP contribution in [0.2, 0.25) is 5.02 Å². The molecule has 1 fully saturated rings. The Balaban J connectivity index is 1.66. The number of hydrogen-bond donors (Lipinski definition) is 1. The van der Waals surface area contributed by atoms with Gasteiger partial charge in [0.1, 0.15) is 0 Å². The lowest BCUT2D eigenvalue weighted by Crippen LogP contribution is -2.42. The summed E-state index contributed by atoms with van der Waals surface area (Å²) >= 11 is 6.00. The number of halogens is 1. The summed E-state index contributed by atoms with van der Waals surface area (Å²) in [6, 6.07) is 9.88. The van der Waals surface area contributed by atoms with Crippen molar-refractivity contribution in [3.8, 4) is 0 Å². The molecule has 2 aromatic carbocycles. The second kappa shape index (κ2) is 8.44. The molecule has 1 aliphatic rings. The number of rotatable bonds is 5. The van der Waals surface area contributed by atoms with Crippen LogP contribution in [0.3, 0.4) is 0 Å². The lowest BCUT2D eigenvalue weighted by molar-refractivity contribution is -0.0908. The van der Waals surface area contributed by atoms with Crippen molar-refractivity contribution in [2.24, 2.45) is 0 Å². The van der Waals surface area contributed by atoms with E-state index in [2.05, 4.69) is 9.71 Å². The van der Waals surface area contributed by atoms with Gasteiger partial charge in [0.25, 0.3) is 0 Å². The van der Waals surface area contributed by atoms with E-state index in [4.69, 9.17) is 21.1 Å². The zero-order chi connectivity index (χ0) is 21.3. The first kappa shape index (κ1) is 21.0. The third-order valence-electron chi connectivity index (χ3n) is 4.85. The van der Waals surface area contributed by atoms with Crippen LogP contribution < -0.4 is 10.2 Å². The number of pyridine rings is 1. The molecule has 2 heterocycles. The van der Waals surface area contributed by atoms with Crippen molar-refractivity contribution in [3.63, 3.8) is 0 Å². The molecule has 30 heavy (non-hydrogen) atoms. The molecule has 1 N–H and O–H groups in total. The predicted octanol–water partition coefficient (Wildman–Crippen LogP) is 2.41. The largest absolute Gasteiger partial charge is 0.376 e. The number of nitrogens with zero attached hydrogens (tertiary/aromatic N) is 2. The highest BCUT2D eigenvalue weighted by atomic mass is 35.5. The summed E-state index contributed by atoms with van der Waals surface area (Å²) in [6.07, 6.45) is 1.15. The summed E-state index contributed by atoms with van der Waals surface area (Å²) in [5, 5.41) is 1.74. The summed E-state index contributed by atoms with van der Waals surface area (Å²) in [5.74, 6) is 0. The first-order valence-corrected chi connectivity index (χ1v) is 11.1. The number of fused-ring (bicyclic) bond motifs is 2. The van der Waals surface area contributed by atoms with Gasteiger partial charge < -0.3 is 9.47 Å². The Morgan fingerprint density at radius 1 is 1.20 bits per heavy atom. The molecule has 0 saturated carbocycles. The molecule has 1 aliphatic heterocycles. The molecular formula is C20H20ClN3O5S. The van der Waals surface area contributed by atoms with Gasteiger partial charge in [0, 0.05) is 30.6 Å². The van der Waals surface area contributed by atoms with E-state index in [9.17, 15) is 13.2 Å². The minimum atomic E-state index is -3.85. The molecule has 4 rings (SSSR count). The van der Waals surface area contributed by atoms with Gasteiger partial charge in [0.15, 0.2) is 5.43 Å². The molecule has 0 spiro atoms. The highest BCUT2D eigenvalue weighted by molar-refractivity contribution is 7.90. The van der Waals surface area contributed by atoms with Crippen molar-refractivity contribution in [2.75, 3.05) is 38.1 Å². The summed E-state index contributed by atoms with van der Waals surface area (Å²) < 4.78 is 40.0. The number of nitrogens with one attached hydrogen (secondary N) is 1. The van der Waals surface area contributed by atoms with Gasteiger partial charge in [-0.2, -0.15) is 12.7 Å². The normalized spacial score (nSPS) is 17.5. The summed E-state index contributed by atoms with van der Waals surface area (Å²) in [6.45, 7) is 1.44. The number of hydrogen-bond acceptors (Lipinski definition) is 6. The monoisotopic (exact) mass is 449 g/mol. The van der Waals surface area contributed by atoms with E-state index < -0.39 is 10.2 Å². The zero-order valence-corrected chi connectivity index (χ0v) is 17.7. The SMILES string of the molecule is CN(C[C@H]1COCCO1)S(=O)(=O)Nc1ccc2ccc3ncc(Cl)cc3c(=O)c2c1. The van der Waals surface area contributed by atoms with Crippen LogP contribution in [-0.4, -0.2) is 57.2 Å². The number of ether oxygens (including phenoxy) is 2. The van der Waals surface area contributed by atoms with Crippen molar-refractivity contribution < 1.29 is 17.9 Å². The first-order valence-electron chi connectivity index (χ1n) is 9.29. The lowest BCUT2D eigenvalue weighted by atomic mass is 10.1. The fraction of sp³-hybridized carbons (Fsp3) is 0.300. The molecule has 0 amide bonds. The maximum atomic E-state index is 13.0. The second-order valence-corrected chi connectivity index (χ2v) is 9.22. The Kier molecular flexibility index (Phi) is 5.90. The van der Waals surface area contributed by atoms with Crippen molar-refractivity contribution in [2.45, 2.75) is 6.10 Å². The van der Waals surface area contributed by atoms with Crippen molar-refractivity contribution in [1.82, 2.24) is 9.29 Å². The number of aromatic nitrogens is 1. The summed E-state index contributed by atoms with van der Waals surface area (Å²) in [7, 11) is -2.39. The first-order chi connectivity index (χ1) is 14.3. The second-order valence-electron chi connectivity index (χ2n) is 7.01. The Morgan fingerprint density at radius 3 is 2.77 bits per heavy atom. The molecule has 1 atom stereocenters. The van der Waals surface area contributed by atoms with E-state index >= 15 is 0 Å². The van der Waals surface area contributed by atoms with Gasteiger partial charge in [0.2, 0.25) is 0 Å². The van der Waals surface area contributed by atoms with Crippen molar-refractivity contribution in [3.05, 3.63) is 57.8 Å². The zero-order valence-electron chi connectivity index (χ0n) is 16.2. The van der Waals surface area contributed by atoms with Crippen LogP contribution in [0.25, 0.3) is 21.7 Å². The van der Waals surface area contributed by atoms with Crippen LogP contribution in [0, 0.1) is 0 Å². The minimum Gasteiger partial charge on any atom is -0.376 e. The van der Waals surface area contributed by atoms with Crippen LogP contribution >= 0.6 is 11.6 Å². The molecule has 10 heteroatoms. The predicted molar refractivity (Wildman–Crippen MR) is 116 cm³/mol. The summed E-state index contributed by atoms with van der Waals surface area (Å²) in [5.41, 5.74) is 0.515. The summed E-state index contributed by atoms with van der Waals surface area (Å²) in [4.78, 5) is 17.2. The Hall–Kier alpha value is -2.30. The Morgan fingerprint density at radius 2 is 2.00 bits per heavy atom. The maximum Gasteiger partial charge on any atom is 0.301 e. The van der Waals surface area contributed by atoms with Gasteiger partial charge in [0.05, 0.1) is 42.2 Å². The van der Waals surface area contributed by atoms with Crippen LogP contribution in [0.4, 0.5) is 5.69 Å². The topological polar surface area (TPSA) is 97.8 Å². The molecule has 8 nitrogen and oxygen atoms in total. The third-order valence-corrected chi connectivity index (χ3v) is 6.52. The molecule has 3 aromatic rings. The standard InChI is InChI=1S/C20H20ClN3O5S/c1-24(11-16-12-28-6-7-29-16)30(26,27)23-15-4-2-13-3-5-19-18(8-14(21)10-22-19)20(25)17(13)9-15/h2-5,8-10,16,23H,6-7,11-12H2,1H3/t16-/m0/s1. The molecule has 1 aromatic heterocycles. The van der Waals surface area contributed by atoms with E-state index in [-0.39, 0.29) is 23.8 Å². The maximum absolute atomic E-state index is 13.0. The molecule has 0 aliphatic carbocycles. The lowest BCUT2D eigenvalue weighted by Gasteiger charge is -2.27. The number of likely N-dealkylation sites (N-methyl/N-ethyl adjacent to an activating group) is 1. The van der Waals surface area contributed by atoms with Crippen LogP contribution in [0.1, 0.15) is 0 Å². The molecule has 0 radical (unpaired) electrons. The minimum absolute atomic E-state index is 0.152. The van der Waals surface area contributed by atoms with Gasteiger partial charge in [-0.25, -0.2) is 0 Å². The van der Waals surface area contributed by atoms with Crippen LogP contribution in [0.15, 0.2) is 47.4 Å². The fourth-order valence-electron chi connectivity index (χ4n) is 3.29. The van der Waals surface area contributed by atoms with E-state index in [1.54, 1.807) is 30.3 Å². The van der Waals surface area contributed by atoms with Gasteiger partial charge in [-0.05, 0) is 29.7 Å². The average molecular weight is 450 g/mol. The molecular weight excluding hydrogens is 430 g/mol. The highest BCUT2D eigenvalue weighted by Gasteiger charge is 2.24. The molecule has 0 bridgehead atoms. The van der Waals surface area contributed by atoms with Crippen molar-refractivity contribution in [1.29, 1.82) is 0 Å². The van der Waals surface area contributed by atoms with Gasteiger partial charge in [-0.15, -0.1) is 0 Å². The smallest absolute Gasteiger partial charge is 0.301 e. The highest BCUT2D eigenvalue weighted by Crippen LogP contribution is 2.21. The van der Waals surface area contributed by atoms with Crippen LogP contribution in [0.5, 0.6) is 0 Å². The van der Waals surface area contributed by atoms with E-state index in [0.717, 1.165) is 0 Å². The molecule has 1 saturated heterocycles. The third kappa shape index (κ3) is 4.40. The number of anilines is 1. The average Bonchev–Trinajstić information content (AvgIpc) is 2.85. The van der Waals surface area contributed by atoms with Crippen LogP contribution in [-0.2, 0) is 19.7 Å². The van der Waals surface area contributed by atoms with E-state index in [1.807, 2.05) is 0 Å². The quantitative estimate of drug-likeness (QED) is 0.642. The van der Waals surface area contributed by atoms with E-state index in [1.165, 1.54) is 23.6 Å². The van der Waals surface area contributed by atoms with Gasteiger partial charge in [-0.3, -0.25) is 14.5 Å². The Bertz CT molecular complexity index is 1260. The van der Waals surface area contributed by atoms with Crippen molar-refractivity contribution >= 4 is 49.2 Å². The van der Waals surface area contributed by atoms with Gasteiger partial charge in [-0.1, -0.05) is 23.7 Å². The number of benzene rings is 1. The molecule has 0 unspecified atom stereocenters. The fourth-order valence-corrected chi connectivity index (χ4v) is 4.39.